The summed E-state index contributed by atoms with van der Waals surface area (Å²) < 4.78 is 1.47. The summed E-state index contributed by atoms with van der Waals surface area (Å²) >= 11 is 1.53. The Morgan fingerprint density at radius 1 is 1.17 bits per heavy atom. The number of nitrogens with zero attached hydrogens (tertiary/aromatic N) is 3. The predicted molar refractivity (Wildman–Crippen MR) is 119 cm³/mol. The first-order valence-electron chi connectivity index (χ1n) is 10.2. The lowest BCUT2D eigenvalue weighted by Gasteiger charge is -2.30. The molecule has 0 N–H and O–H groups in total. The van der Waals surface area contributed by atoms with Crippen molar-refractivity contribution in [2.75, 3.05) is 13.1 Å². The van der Waals surface area contributed by atoms with Crippen LogP contribution in [0.4, 0.5) is 0 Å². The molecule has 1 aliphatic rings. The van der Waals surface area contributed by atoms with Gasteiger partial charge in [0.15, 0.2) is 0 Å². The minimum absolute atomic E-state index is 0.000156. The van der Waals surface area contributed by atoms with Crippen LogP contribution in [0.2, 0.25) is 0 Å². The van der Waals surface area contributed by atoms with Crippen molar-refractivity contribution in [2.45, 2.75) is 47.1 Å². The zero-order chi connectivity index (χ0) is 20.7. The standard InChI is InChI=1S/C23H27N3O2S/c1-14-7-9-25(10-8-14)19(27)12-26-13-24-22-21(23(26)28)20(17(4)29-22)18-6-5-15(2)16(3)11-18/h5-6,11,13-14H,7-10,12H2,1-4H3. The number of benzene rings is 1. The van der Waals surface area contributed by atoms with Crippen molar-refractivity contribution in [3.8, 4) is 11.1 Å². The number of likely N-dealkylation sites (tertiary alicyclic amines) is 1. The topological polar surface area (TPSA) is 55.2 Å². The number of hydrogen-bond donors (Lipinski definition) is 0. The van der Waals surface area contributed by atoms with Gasteiger partial charge in [-0.1, -0.05) is 25.1 Å². The normalized spacial score (nSPS) is 15.2. The molecule has 0 bridgehead atoms. The Morgan fingerprint density at radius 2 is 1.90 bits per heavy atom. The van der Waals surface area contributed by atoms with Gasteiger partial charge in [-0.3, -0.25) is 14.2 Å². The Kier molecular flexibility index (Phi) is 5.30. The molecule has 5 nitrogen and oxygen atoms in total. The van der Waals surface area contributed by atoms with Gasteiger partial charge in [0, 0.05) is 23.5 Å². The molecule has 2 aromatic heterocycles. The van der Waals surface area contributed by atoms with Crippen LogP contribution in [0.3, 0.4) is 0 Å². The SMILES string of the molecule is Cc1ccc(-c2c(C)sc3ncn(CC(=O)N4CCC(C)CC4)c(=O)c23)cc1C. The Balaban J connectivity index is 1.72. The summed E-state index contributed by atoms with van der Waals surface area (Å²) in [5, 5.41) is 0.623. The smallest absolute Gasteiger partial charge is 0.263 e. The molecule has 29 heavy (non-hydrogen) atoms. The fraction of sp³-hybridized carbons (Fsp3) is 0.435. The van der Waals surface area contributed by atoms with Gasteiger partial charge < -0.3 is 4.90 Å². The van der Waals surface area contributed by atoms with Gasteiger partial charge in [0.1, 0.15) is 11.4 Å². The lowest BCUT2D eigenvalue weighted by Crippen LogP contribution is -2.41. The number of piperidine rings is 1. The molecule has 0 spiro atoms. The lowest BCUT2D eigenvalue weighted by atomic mass is 9.99. The van der Waals surface area contributed by atoms with E-state index < -0.39 is 0 Å². The summed E-state index contributed by atoms with van der Waals surface area (Å²) in [5.41, 5.74) is 4.26. The van der Waals surface area contributed by atoms with Crippen LogP contribution in [0.15, 0.2) is 29.3 Å². The van der Waals surface area contributed by atoms with E-state index in [0.29, 0.717) is 11.3 Å². The number of amides is 1. The van der Waals surface area contributed by atoms with Crippen LogP contribution in [0, 0.1) is 26.7 Å². The highest BCUT2D eigenvalue weighted by Gasteiger charge is 2.22. The van der Waals surface area contributed by atoms with Crippen molar-refractivity contribution in [3.63, 3.8) is 0 Å². The number of rotatable bonds is 3. The lowest BCUT2D eigenvalue weighted by molar-refractivity contribution is -0.133. The van der Waals surface area contributed by atoms with E-state index in [9.17, 15) is 9.59 Å². The van der Waals surface area contributed by atoms with Gasteiger partial charge >= 0.3 is 0 Å². The van der Waals surface area contributed by atoms with Crippen LogP contribution in [-0.2, 0) is 11.3 Å². The van der Waals surface area contributed by atoms with Crippen LogP contribution in [0.5, 0.6) is 0 Å². The Morgan fingerprint density at radius 3 is 2.59 bits per heavy atom. The zero-order valence-corrected chi connectivity index (χ0v) is 18.3. The summed E-state index contributed by atoms with van der Waals surface area (Å²) in [4.78, 5) is 34.3. The first-order valence-corrected chi connectivity index (χ1v) is 11.0. The first kappa shape index (κ1) is 19.8. The van der Waals surface area contributed by atoms with E-state index in [4.69, 9.17) is 0 Å². The first-order chi connectivity index (χ1) is 13.8. The predicted octanol–water partition coefficient (Wildman–Crippen LogP) is 4.31. The molecule has 0 saturated carbocycles. The van der Waals surface area contributed by atoms with Gasteiger partial charge in [0.25, 0.3) is 5.56 Å². The third-order valence-corrected chi connectivity index (χ3v) is 7.11. The van der Waals surface area contributed by atoms with Crippen LogP contribution in [-0.4, -0.2) is 33.4 Å². The molecule has 0 radical (unpaired) electrons. The molecular formula is C23H27N3O2S. The second-order valence-electron chi connectivity index (χ2n) is 8.25. The van der Waals surface area contributed by atoms with E-state index in [0.717, 1.165) is 46.8 Å². The number of hydrogen-bond acceptors (Lipinski definition) is 4. The van der Waals surface area contributed by atoms with Crippen molar-refractivity contribution >= 4 is 27.5 Å². The van der Waals surface area contributed by atoms with Crippen molar-refractivity contribution < 1.29 is 4.79 Å². The highest BCUT2D eigenvalue weighted by atomic mass is 32.1. The number of aromatic nitrogens is 2. The zero-order valence-electron chi connectivity index (χ0n) is 17.5. The molecule has 1 aromatic carbocycles. The minimum Gasteiger partial charge on any atom is -0.341 e. The third kappa shape index (κ3) is 3.73. The van der Waals surface area contributed by atoms with Crippen molar-refractivity contribution in [3.05, 3.63) is 50.9 Å². The van der Waals surface area contributed by atoms with Crippen LogP contribution >= 0.6 is 11.3 Å². The van der Waals surface area contributed by atoms with Gasteiger partial charge in [-0.05, 0) is 56.2 Å². The molecule has 1 amide bonds. The number of thiophene rings is 1. The summed E-state index contributed by atoms with van der Waals surface area (Å²) in [6, 6.07) is 6.28. The number of aryl methyl sites for hydroxylation is 3. The molecule has 1 fully saturated rings. The molecule has 3 aromatic rings. The second kappa shape index (κ2) is 7.75. The van der Waals surface area contributed by atoms with E-state index in [1.165, 1.54) is 33.4 Å². The van der Waals surface area contributed by atoms with E-state index in [-0.39, 0.29) is 18.0 Å². The maximum atomic E-state index is 13.3. The van der Waals surface area contributed by atoms with E-state index in [1.807, 2.05) is 11.8 Å². The van der Waals surface area contributed by atoms with Crippen LogP contribution < -0.4 is 5.56 Å². The maximum Gasteiger partial charge on any atom is 0.263 e. The fourth-order valence-electron chi connectivity index (χ4n) is 4.00. The number of carbonyl (C=O) groups excluding carboxylic acids is 1. The molecule has 6 heteroatoms. The number of carbonyl (C=O) groups is 1. The van der Waals surface area contributed by atoms with Gasteiger partial charge in [-0.15, -0.1) is 11.3 Å². The van der Waals surface area contributed by atoms with Gasteiger partial charge in [0.05, 0.1) is 11.7 Å². The molecule has 0 unspecified atom stereocenters. The van der Waals surface area contributed by atoms with Gasteiger partial charge in [-0.25, -0.2) is 4.98 Å². The highest BCUT2D eigenvalue weighted by Crippen LogP contribution is 2.36. The molecule has 3 heterocycles. The van der Waals surface area contributed by atoms with E-state index in [1.54, 1.807) is 0 Å². The average molecular weight is 410 g/mol. The molecule has 1 aliphatic heterocycles. The molecule has 1 saturated heterocycles. The largest absolute Gasteiger partial charge is 0.341 e. The fourth-order valence-corrected chi connectivity index (χ4v) is 5.00. The average Bonchev–Trinajstić information content (AvgIpc) is 3.03. The van der Waals surface area contributed by atoms with Crippen molar-refractivity contribution in [1.82, 2.24) is 14.5 Å². The summed E-state index contributed by atoms with van der Waals surface area (Å²) in [7, 11) is 0. The third-order valence-electron chi connectivity index (χ3n) is 6.09. The molecular weight excluding hydrogens is 382 g/mol. The summed E-state index contributed by atoms with van der Waals surface area (Å²) in [6.07, 6.45) is 3.58. The molecule has 0 aliphatic carbocycles. The Hall–Kier alpha value is -2.47. The number of fused-ring (bicyclic) bond motifs is 1. The van der Waals surface area contributed by atoms with E-state index >= 15 is 0 Å². The van der Waals surface area contributed by atoms with Gasteiger partial charge in [-0.2, -0.15) is 0 Å². The minimum atomic E-state index is -0.133. The Bertz CT molecular complexity index is 1140. The Labute approximate surface area is 175 Å². The van der Waals surface area contributed by atoms with Crippen LogP contribution in [0.1, 0.15) is 35.8 Å². The molecule has 152 valence electrons. The molecule has 0 atom stereocenters. The molecule has 4 rings (SSSR count). The van der Waals surface area contributed by atoms with E-state index in [2.05, 4.69) is 44.0 Å². The summed E-state index contributed by atoms with van der Waals surface area (Å²) in [5.74, 6) is 0.661. The highest BCUT2D eigenvalue weighted by molar-refractivity contribution is 7.19. The monoisotopic (exact) mass is 409 g/mol. The summed E-state index contributed by atoms with van der Waals surface area (Å²) in [6.45, 7) is 10.0. The van der Waals surface area contributed by atoms with Crippen LogP contribution in [0.25, 0.3) is 21.3 Å². The quantitative estimate of drug-likeness (QED) is 0.648. The van der Waals surface area contributed by atoms with Gasteiger partial charge in [0.2, 0.25) is 5.91 Å². The maximum absolute atomic E-state index is 13.3. The van der Waals surface area contributed by atoms with Crippen molar-refractivity contribution in [2.24, 2.45) is 5.92 Å². The second-order valence-corrected chi connectivity index (χ2v) is 9.46. The van der Waals surface area contributed by atoms with Crippen molar-refractivity contribution in [1.29, 1.82) is 0 Å².